The number of hydrogen-bond donors (Lipinski definition) is 3. The lowest BCUT2D eigenvalue weighted by atomic mass is 9.48. The molecule has 0 radical (unpaired) electrons. The Hall–Kier alpha value is -7.41. The van der Waals surface area contributed by atoms with Crippen molar-refractivity contribution in [1.29, 1.82) is 0 Å². The summed E-state index contributed by atoms with van der Waals surface area (Å²) < 4.78 is 146. The number of ether oxygens (including phenoxy) is 10. The second-order valence-electron chi connectivity index (χ2n) is 51.0. The number of rotatable bonds is 29. The largest absolute Gasteiger partial charge is 0.463 e. The third kappa shape index (κ3) is 30.1. The van der Waals surface area contributed by atoms with Crippen molar-refractivity contribution in [2.75, 3.05) is 13.2 Å². The molecule has 3 aromatic rings. The molecule has 10 unspecified atom stereocenters. The lowest BCUT2D eigenvalue weighted by molar-refractivity contribution is -0.409. The molecule has 842 valence electrons. The van der Waals surface area contributed by atoms with Crippen molar-refractivity contribution in [2.45, 2.75) is 507 Å². The molecule has 0 aromatic heterocycles. The summed E-state index contributed by atoms with van der Waals surface area (Å²) in [6.07, 6.45) is 24.0. The van der Waals surface area contributed by atoms with Crippen LogP contribution >= 0.6 is 0 Å². The van der Waals surface area contributed by atoms with Crippen molar-refractivity contribution in [3.8, 4) is 0 Å². The third-order valence-corrected chi connectivity index (χ3v) is 38.0. The second kappa shape index (κ2) is 48.1. The summed E-state index contributed by atoms with van der Waals surface area (Å²) >= 11 is 0. The highest BCUT2D eigenvalue weighted by atomic mass is 32.2. The Morgan fingerprint density at radius 1 is 0.403 bits per heavy atom. The Kier molecular flexibility index (Phi) is 40.4. The van der Waals surface area contributed by atoms with Gasteiger partial charge in [0.05, 0.1) is 78.6 Å². The Bertz CT molecular complexity index is 4710. The zero-order valence-corrected chi connectivity index (χ0v) is 95.1. The molecule has 14 saturated carbocycles. The summed E-state index contributed by atoms with van der Waals surface area (Å²) in [5, 5.41) is 30.5. The average molecular weight is 2130 g/mol. The summed E-state index contributed by atoms with van der Waals surface area (Å²) in [7, 11) is -0.0146. The highest BCUT2D eigenvalue weighted by molar-refractivity contribution is 7.97. The fourth-order valence-electron chi connectivity index (χ4n) is 23.6. The second-order valence-corrected chi connectivity index (χ2v) is 53.0. The molecular formula is C119H180F7O22S+. The van der Waals surface area contributed by atoms with Crippen LogP contribution in [-0.4, -0.2) is 163 Å². The predicted octanol–water partition coefficient (Wildman–Crippen LogP) is 27.1. The number of carbonyl (C=O) groups excluding carboxylic acids is 9. The first kappa shape index (κ1) is 125. The molecule has 10 atom stereocenters. The molecule has 16 fully saturated rings. The van der Waals surface area contributed by atoms with Gasteiger partial charge in [-0.15, -0.1) is 0 Å². The number of halogens is 7. The van der Waals surface area contributed by atoms with Gasteiger partial charge >= 0.3 is 71.6 Å². The van der Waals surface area contributed by atoms with Crippen molar-refractivity contribution in [2.24, 2.45) is 78.8 Å². The molecule has 22 nitrogen and oxygen atoms in total. The minimum atomic E-state index is -5.74. The van der Waals surface area contributed by atoms with Crippen LogP contribution in [0.5, 0.6) is 0 Å². The predicted molar refractivity (Wildman–Crippen MR) is 556 cm³/mol. The fourth-order valence-corrected chi connectivity index (χ4v) is 25.7. The van der Waals surface area contributed by atoms with Crippen LogP contribution < -0.4 is 0 Å². The molecule has 0 amide bonds. The fraction of sp³-hybridized carbons (Fsp3) is 0.773. The molecule has 16 aliphatic rings. The number of esters is 9. The molecule has 12 bridgehead atoms. The van der Waals surface area contributed by atoms with Crippen LogP contribution in [-0.2, 0) is 101 Å². The van der Waals surface area contributed by atoms with Gasteiger partial charge in [0.25, 0.3) is 5.92 Å². The maximum Gasteiger partial charge on any atom is 0.449 e. The molecule has 2 heterocycles. The lowest BCUT2D eigenvalue weighted by Crippen LogP contribution is -2.63. The SMILES string of the molecule is CCC(C)(C)C(=O)OC1(C)COC(O)(C(F)(F)F)C1(F)F.CCC(C)(C)C(=O)OC12CC3CC(C1)CC(C(=O)OC(C)C(C)(F)F)(C3)C2.CCC(C)(C)C(=O)OC12CC3CC(CC(O)(C3)C1)C2.CCC(C)(C)C(=O)OC12CC3CC(CC(O)(C3)C1)C2.CCC(C)(C)C(=O)OC1CCOC1=O.CCC1(OC(=O)C(C)(C)CC)CCCC1.CCC1(OC(=O)C(C)(C)CC)CCCC1.c1ccc([S+](c2ccccc2)c2ccccc2)cc1. The van der Waals surface area contributed by atoms with E-state index in [4.69, 9.17) is 37.9 Å². The third-order valence-electron chi connectivity index (χ3n) is 35.7. The smallest absolute Gasteiger partial charge is 0.449 e. The maximum absolute atomic E-state index is 14.0. The van der Waals surface area contributed by atoms with Crippen LogP contribution in [0.1, 0.15) is 411 Å². The van der Waals surface area contributed by atoms with Gasteiger partial charge in [0, 0.05) is 32.6 Å². The van der Waals surface area contributed by atoms with Crippen molar-refractivity contribution >= 4 is 64.6 Å². The van der Waals surface area contributed by atoms with Gasteiger partial charge in [0.2, 0.25) is 11.7 Å². The molecule has 3 N–H and O–H groups in total. The molecule has 0 spiro atoms. The van der Waals surface area contributed by atoms with Gasteiger partial charge in [0.1, 0.15) is 28.0 Å². The quantitative estimate of drug-likeness (QED) is 0.0252. The van der Waals surface area contributed by atoms with Gasteiger partial charge < -0.3 is 62.7 Å². The first-order valence-electron chi connectivity index (χ1n) is 55.3. The van der Waals surface area contributed by atoms with Crippen LogP contribution in [0, 0.1) is 78.8 Å². The van der Waals surface area contributed by atoms with E-state index in [1.54, 1.807) is 20.8 Å². The van der Waals surface area contributed by atoms with Gasteiger partial charge in [-0.2, -0.15) is 22.0 Å². The van der Waals surface area contributed by atoms with E-state index < -0.39 is 115 Å². The number of alkyl halides is 7. The topological polar surface area (TPSA) is 307 Å². The van der Waals surface area contributed by atoms with Crippen LogP contribution in [0.15, 0.2) is 106 Å². The Labute approximate surface area is 886 Å². The number of carbonyl (C=O) groups is 9. The first-order chi connectivity index (χ1) is 68.8. The van der Waals surface area contributed by atoms with E-state index >= 15 is 0 Å². The molecule has 30 heteroatoms. The highest BCUT2D eigenvalue weighted by Gasteiger charge is 2.83. The summed E-state index contributed by atoms with van der Waals surface area (Å²) in [5.74, 6) is -12.6. The Balaban J connectivity index is 0.000000191. The lowest BCUT2D eigenvalue weighted by Gasteiger charge is -2.60. The number of cyclic esters (lactones) is 1. The summed E-state index contributed by atoms with van der Waals surface area (Å²) in [4.78, 5) is 113. The number of benzene rings is 3. The van der Waals surface area contributed by atoms with Crippen LogP contribution in [0.3, 0.4) is 0 Å². The Morgan fingerprint density at radius 2 is 0.685 bits per heavy atom. The van der Waals surface area contributed by atoms with Crippen LogP contribution in [0.25, 0.3) is 0 Å². The molecule has 2 saturated heterocycles. The zero-order valence-electron chi connectivity index (χ0n) is 94.3. The Morgan fingerprint density at radius 3 is 0.946 bits per heavy atom. The zero-order chi connectivity index (χ0) is 112. The van der Waals surface area contributed by atoms with E-state index in [2.05, 4.69) is 114 Å². The van der Waals surface area contributed by atoms with Crippen molar-refractivity contribution in [1.82, 2.24) is 0 Å². The molecule has 149 heavy (non-hydrogen) atoms. The highest BCUT2D eigenvalue weighted by Crippen LogP contribution is 2.66. The monoisotopic (exact) mass is 2130 g/mol. The van der Waals surface area contributed by atoms with Crippen molar-refractivity contribution in [3.63, 3.8) is 0 Å². The van der Waals surface area contributed by atoms with E-state index in [0.29, 0.717) is 88.6 Å². The first-order valence-corrected chi connectivity index (χ1v) is 56.6. The van der Waals surface area contributed by atoms with Gasteiger partial charge in [-0.05, 0) is 388 Å². The van der Waals surface area contributed by atoms with E-state index in [0.717, 1.165) is 142 Å². The maximum atomic E-state index is 14.0. The summed E-state index contributed by atoms with van der Waals surface area (Å²) in [6, 6.07) is 32.2. The normalized spacial score (nSPS) is 30.1. The standard InChI is InChI=1S/C21H32F2O4.C18H15S.2C16H26O3.2C13H24O2.C12H17F5O4.C10H16O4/c1-6-18(3,4)16(24)27-21-10-14-7-15(11-21)9-20(8-14,12-21)17(25)26-13(2)19(5,22)23;1-4-10-16(11-5-1)19(17-12-6-2-7-13-17)18-14-8-3-9-15-18;2*1-4-14(2,3)13(17)19-16-8-11-5-12(9-16)7-15(18,6-11)10-16;2*1-5-12(3,4)11(14)15-13(6-2)9-7-8-10-13;1-5-8(2,3)7(18)21-9(4)6-20-11(19,10(9,13)14)12(15,16)17;1-4-10(2,3)9(12)14-7-5-6-13-8(7)11/h13-15H,6-12H2,1-5H3;1-15H;2*11-12,18H,4-10H2,1-3H3;2*5-10H2,1-4H3;19H,5-6H2,1-4H3;7H,4-6H2,1-3H3/q;+1;;;;;;. The summed E-state index contributed by atoms with van der Waals surface area (Å²) in [6.45, 7) is 45.3. The molecule has 3 aromatic carbocycles. The van der Waals surface area contributed by atoms with Crippen LogP contribution in [0.4, 0.5) is 30.7 Å². The molecular weight excluding hydrogens is 1950 g/mol. The van der Waals surface area contributed by atoms with Gasteiger partial charge in [-0.1, -0.05) is 117 Å². The van der Waals surface area contributed by atoms with E-state index in [1.165, 1.54) is 74.0 Å². The minimum Gasteiger partial charge on any atom is -0.463 e. The van der Waals surface area contributed by atoms with Crippen molar-refractivity contribution < 1.29 is 137 Å². The van der Waals surface area contributed by atoms with E-state index in [1.807, 2.05) is 111 Å². The van der Waals surface area contributed by atoms with Gasteiger partial charge in [-0.25, -0.2) is 13.6 Å². The van der Waals surface area contributed by atoms with E-state index in [9.17, 15) is 89.2 Å². The molecule has 2 aliphatic heterocycles. The minimum absolute atomic E-state index is 0.0146. The van der Waals surface area contributed by atoms with Gasteiger partial charge in [-0.3, -0.25) is 38.4 Å². The molecule has 14 aliphatic carbocycles. The molecule has 19 rings (SSSR count). The number of hydrogen-bond acceptors (Lipinski definition) is 22. The number of aliphatic hydroxyl groups is 3. The average Bonchev–Trinajstić information content (AvgIpc) is 1.37. The van der Waals surface area contributed by atoms with Gasteiger partial charge in [0.15, 0.2) is 20.8 Å². The van der Waals surface area contributed by atoms with Crippen molar-refractivity contribution in [3.05, 3.63) is 91.0 Å². The van der Waals surface area contributed by atoms with E-state index in [-0.39, 0.29) is 98.2 Å². The summed E-state index contributed by atoms with van der Waals surface area (Å²) in [5.41, 5.74) is -10.2. The van der Waals surface area contributed by atoms with Crippen LogP contribution in [0.2, 0.25) is 0 Å².